The summed E-state index contributed by atoms with van der Waals surface area (Å²) in [7, 11) is 0. The number of carbonyl (C=O) groups is 1. The third kappa shape index (κ3) is 6.11. The number of amides is 1. The summed E-state index contributed by atoms with van der Waals surface area (Å²) in [5.41, 5.74) is 6.85. The lowest BCUT2D eigenvalue weighted by atomic mass is 10.1. The van der Waals surface area contributed by atoms with Crippen molar-refractivity contribution in [2.24, 2.45) is 5.73 Å². The van der Waals surface area contributed by atoms with Gasteiger partial charge in [0.15, 0.2) is 0 Å². The van der Waals surface area contributed by atoms with Crippen LogP contribution >= 0.6 is 12.4 Å². The molecule has 3 rings (SSSR count). The highest BCUT2D eigenvalue weighted by atomic mass is 35.5. The van der Waals surface area contributed by atoms with E-state index in [1.165, 1.54) is 5.56 Å². The van der Waals surface area contributed by atoms with Gasteiger partial charge in [-0.1, -0.05) is 35.5 Å². The highest BCUT2D eigenvalue weighted by molar-refractivity contribution is 5.85. The van der Waals surface area contributed by atoms with Crippen molar-refractivity contribution in [1.29, 1.82) is 0 Å². The van der Waals surface area contributed by atoms with Crippen LogP contribution in [0.1, 0.15) is 17.9 Å². The van der Waals surface area contributed by atoms with Crippen LogP contribution in [-0.2, 0) is 17.6 Å². The zero-order valence-corrected chi connectivity index (χ0v) is 16.2. The molecule has 0 saturated heterocycles. The van der Waals surface area contributed by atoms with E-state index in [-0.39, 0.29) is 24.7 Å². The van der Waals surface area contributed by atoms with Crippen LogP contribution in [0.5, 0.6) is 0 Å². The average molecular weight is 403 g/mol. The van der Waals surface area contributed by atoms with E-state index in [4.69, 9.17) is 10.3 Å². The largest absolute Gasteiger partial charge is 0.341 e. The van der Waals surface area contributed by atoms with E-state index in [1.54, 1.807) is 23.4 Å². The first-order chi connectivity index (χ1) is 13.3. The molecule has 3 aromatic rings. The van der Waals surface area contributed by atoms with Crippen LogP contribution in [0.2, 0.25) is 0 Å². The Kier molecular flexibility index (Phi) is 8.51. The molecule has 0 aliphatic carbocycles. The number of hydrogen-bond donors (Lipinski definition) is 1. The fourth-order valence-electron chi connectivity index (χ4n) is 2.66. The molecule has 2 aromatic heterocycles. The molecule has 2 N–H and O–H groups in total. The minimum atomic E-state index is 0. The summed E-state index contributed by atoms with van der Waals surface area (Å²) in [4.78, 5) is 26.8. The second-order valence-corrected chi connectivity index (χ2v) is 5.99. The molecule has 0 radical (unpaired) electrons. The SMILES string of the molecule is Cl.NCCN(CCc1ccccc1)C(=O)CCc1nc(-c2ncccn2)no1. The van der Waals surface area contributed by atoms with Crippen molar-refractivity contribution >= 4 is 18.3 Å². The van der Waals surface area contributed by atoms with Crippen LogP contribution < -0.4 is 5.73 Å². The molecule has 148 valence electrons. The highest BCUT2D eigenvalue weighted by Gasteiger charge is 2.16. The third-order valence-corrected chi connectivity index (χ3v) is 4.05. The van der Waals surface area contributed by atoms with Gasteiger partial charge in [-0.3, -0.25) is 4.79 Å². The lowest BCUT2D eigenvalue weighted by Crippen LogP contribution is -2.37. The molecular formula is C19H23ClN6O2. The van der Waals surface area contributed by atoms with Crippen molar-refractivity contribution < 1.29 is 9.32 Å². The first kappa shape index (κ1) is 21.5. The van der Waals surface area contributed by atoms with E-state index in [9.17, 15) is 4.79 Å². The predicted molar refractivity (Wildman–Crippen MR) is 107 cm³/mol. The van der Waals surface area contributed by atoms with Gasteiger partial charge in [0.2, 0.25) is 23.4 Å². The summed E-state index contributed by atoms with van der Waals surface area (Å²) in [5, 5.41) is 3.87. The van der Waals surface area contributed by atoms with Crippen LogP contribution in [0.25, 0.3) is 11.6 Å². The summed E-state index contributed by atoms with van der Waals surface area (Å²) in [6.07, 6.45) is 4.67. The Hall–Kier alpha value is -2.84. The topological polar surface area (TPSA) is 111 Å². The van der Waals surface area contributed by atoms with Gasteiger partial charge in [-0.05, 0) is 18.1 Å². The second-order valence-electron chi connectivity index (χ2n) is 5.99. The summed E-state index contributed by atoms with van der Waals surface area (Å²) >= 11 is 0. The summed E-state index contributed by atoms with van der Waals surface area (Å²) in [5.74, 6) is 1.13. The number of aromatic nitrogens is 4. The van der Waals surface area contributed by atoms with Gasteiger partial charge in [0.25, 0.3) is 0 Å². The minimum Gasteiger partial charge on any atom is -0.341 e. The smallest absolute Gasteiger partial charge is 0.240 e. The standard InChI is InChI=1S/C19H22N6O2.ClH/c20-10-14-25(13-9-15-5-2-1-3-6-15)17(26)8-7-16-23-19(24-27-16)18-21-11-4-12-22-18;/h1-6,11-12H,7-10,13-14,20H2;1H. The molecule has 1 aromatic carbocycles. The van der Waals surface area contributed by atoms with E-state index in [1.807, 2.05) is 18.2 Å². The molecule has 0 unspecified atom stereocenters. The van der Waals surface area contributed by atoms with E-state index < -0.39 is 0 Å². The molecule has 0 aliphatic heterocycles. The van der Waals surface area contributed by atoms with E-state index in [2.05, 4.69) is 32.2 Å². The number of hydrogen-bond acceptors (Lipinski definition) is 7. The Balaban J connectivity index is 0.00000280. The number of benzene rings is 1. The van der Waals surface area contributed by atoms with Crippen molar-refractivity contribution in [1.82, 2.24) is 25.0 Å². The molecule has 8 nitrogen and oxygen atoms in total. The van der Waals surface area contributed by atoms with Gasteiger partial charge in [0.05, 0.1) is 0 Å². The molecular weight excluding hydrogens is 380 g/mol. The number of nitrogens with two attached hydrogens (primary N) is 1. The number of aryl methyl sites for hydroxylation is 1. The number of carbonyl (C=O) groups excluding carboxylic acids is 1. The fourth-order valence-corrected chi connectivity index (χ4v) is 2.66. The Bertz CT molecular complexity index is 844. The minimum absolute atomic E-state index is 0. The van der Waals surface area contributed by atoms with Crippen molar-refractivity contribution in [3.05, 3.63) is 60.2 Å². The predicted octanol–water partition coefficient (Wildman–Crippen LogP) is 1.91. The third-order valence-electron chi connectivity index (χ3n) is 4.05. The molecule has 28 heavy (non-hydrogen) atoms. The van der Waals surface area contributed by atoms with Gasteiger partial charge in [0, 0.05) is 44.9 Å². The molecule has 1 amide bonds. The summed E-state index contributed by atoms with van der Waals surface area (Å²) in [6, 6.07) is 11.8. The Labute approximate surface area is 169 Å². The monoisotopic (exact) mass is 402 g/mol. The van der Waals surface area contributed by atoms with Crippen LogP contribution in [0, 0.1) is 0 Å². The van der Waals surface area contributed by atoms with Gasteiger partial charge >= 0.3 is 0 Å². The van der Waals surface area contributed by atoms with Crippen molar-refractivity contribution in [3.63, 3.8) is 0 Å². The van der Waals surface area contributed by atoms with Gasteiger partial charge in [-0.25, -0.2) is 9.97 Å². The van der Waals surface area contributed by atoms with Crippen molar-refractivity contribution in [2.75, 3.05) is 19.6 Å². The van der Waals surface area contributed by atoms with Gasteiger partial charge in [-0.2, -0.15) is 4.98 Å². The van der Waals surface area contributed by atoms with Crippen molar-refractivity contribution in [2.45, 2.75) is 19.3 Å². The molecule has 0 saturated carbocycles. The second kappa shape index (κ2) is 11.1. The molecule has 0 aliphatic rings. The zero-order valence-electron chi connectivity index (χ0n) is 15.4. The lowest BCUT2D eigenvalue weighted by molar-refractivity contribution is -0.131. The van der Waals surface area contributed by atoms with Crippen LogP contribution in [0.4, 0.5) is 0 Å². The quantitative estimate of drug-likeness (QED) is 0.581. The van der Waals surface area contributed by atoms with Crippen LogP contribution in [-0.4, -0.2) is 50.5 Å². The zero-order chi connectivity index (χ0) is 18.9. The molecule has 2 heterocycles. The Morgan fingerprint density at radius 3 is 2.46 bits per heavy atom. The lowest BCUT2D eigenvalue weighted by Gasteiger charge is -2.22. The maximum absolute atomic E-state index is 12.6. The number of halogens is 1. The summed E-state index contributed by atoms with van der Waals surface area (Å²) in [6.45, 7) is 1.59. The molecule has 0 atom stereocenters. The van der Waals surface area contributed by atoms with E-state index in [0.29, 0.717) is 43.6 Å². The van der Waals surface area contributed by atoms with Crippen molar-refractivity contribution in [3.8, 4) is 11.6 Å². The first-order valence-corrected chi connectivity index (χ1v) is 8.88. The molecule has 9 heteroatoms. The maximum atomic E-state index is 12.6. The number of nitrogens with zero attached hydrogens (tertiary/aromatic N) is 5. The van der Waals surface area contributed by atoms with Gasteiger partial charge in [0.1, 0.15) is 0 Å². The van der Waals surface area contributed by atoms with Gasteiger partial charge < -0.3 is 15.2 Å². The van der Waals surface area contributed by atoms with Gasteiger partial charge in [-0.15, -0.1) is 12.4 Å². The fraction of sp³-hybridized carbons (Fsp3) is 0.316. The Morgan fingerprint density at radius 2 is 1.75 bits per heavy atom. The summed E-state index contributed by atoms with van der Waals surface area (Å²) < 4.78 is 5.20. The molecule has 0 bridgehead atoms. The van der Waals surface area contributed by atoms with E-state index in [0.717, 1.165) is 6.42 Å². The molecule has 0 spiro atoms. The first-order valence-electron chi connectivity index (χ1n) is 8.88. The normalized spacial score (nSPS) is 10.3. The average Bonchev–Trinajstić information content (AvgIpc) is 3.20. The van der Waals surface area contributed by atoms with Crippen LogP contribution in [0.3, 0.4) is 0 Å². The number of rotatable bonds is 9. The van der Waals surface area contributed by atoms with Crippen LogP contribution in [0.15, 0.2) is 53.3 Å². The molecule has 0 fully saturated rings. The Morgan fingerprint density at radius 1 is 1.00 bits per heavy atom. The highest BCUT2D eigenvalue weighted by Crippen LogP contribution is 2.11. The van der Waals surface area contributed by atoms with E-state index >= 15 is 0 Å². The maximum Gasteiger partial charge on any atom is 0.240 e.